The van der Waals surface area contributed by atoms with E-state index in [2.05, 4.69) is 17.1 Å². The fourth-order valence-corrected chi connectivity index (χ4v) is 3.43. The SMILES string of the molecule is CCCN(CCNC(=O)c1ccccc1)C1CN(C(=O)c2ccc(N)cc2)C1. The number of carbonyl (C=O) groups is 2. The van der Waals surface area contributed by atoms with Crippen molar-refractivity contribution in [1.29, 1.82) is 0 Å². The van der Waals surface area contributed by atoms with Crippen LogP contribution in [0.25, 0.3) is 0 Å². The van der Waals surface area contributed by atoms with E-state index in [0.717, 1.165) is 32.6 Å². The van der Waals surface area contributed by atoms with Crippen LogP contribution in [0.3, 0.4) is 0 Å². The number of carbonyl (C=O) groups excluding carboxylic acids is 2. The van der Waals surface area contributed by atoms with Crippen LogP contribution in [0.4, 0.5) is 5.69 Å². The molecule has 1 saturated heterocycles. The van der Waals surface area contributed by atoms with Crippen molar-refractivity contribution in [2.45, 2.75) is 19.4 Å². The predicted octanol–water partition coefficient (Wildman–Crippen LogP) is 2.24. The molecule has 0 aromatic heterocycles. The number of hydrogen-bond donors (Lipinski definition) is 2. The first-order valence-electron chi connectivity index (χ1n) is 9.80. The quantitative estimate of drug-likeness (QED) is 0.689. The Kier molecular flexibility index (Phi) is 6.66. The van der Waals surface area contributed by atoms with Crippen LogP contribution in [0.1, 0.15) is 34.1 Å². The van der Waals surface area contributed by atoms with Gasteiger partial charge in [0.25, 0.3) is 11.8 Å². The molecule has 3 N–H and O–H groups in total. The molecule has 2 amide bonds. The second-order valence-corrected chi connectivity index (χ2v) is 7.14. The smallest absolute Gasteiger partial charge is 0.253 e. The molecule has 1 fully saturated rings. The molecule has 6 nitrogen and oxygen atoms in total. The average molecular weight is 380 g/mol. The van der Waals surface area contributed by atoms with Gasteiger partial charge in [0.2, 0.25) is 0 Å². The lowest BCUT2D eigenvalue weighted by molar-refractivity contribution is 0.0267. The second kappa shape index (κ2) is 9.37. The third kappa shape index (κ3) is 4.89. The van der Waals surface area contributed by atoms with Crippen molar-refractivity contribution in [2.75, 3.05) is 38.5 Å². The van der Waals surface area contributed by atoms with Gasteiger partial charge in [0, 0.05) is 49.0 Å². The van der Waals surface area contributed by atoms with Gasteiger partial charge in [0.1, 0.15) is 0 Å². The largest absolute Gasteiger partial charge is 0.399 e. The number of nitrogens with one attached hydrogen (secondary N) is 1. The minimum absolute atomic E-state index is 0.0464. The zero-order chi connectivity index (χ0) is 19.9. The van der Waals surface area contributed by atoms with Crippen molar-refractivity contribution < 1.29 is 9.59 Å². The number of anilines is 1. The zero-order valence-corrected chi connectivity index (χ0v) is 16.3. The molecule has 0 saturated carbocycles. The van der Waals surface area contributed by atoms with E-state index in [1.807, 2.05) is 35.2 Å². The van der Waals surface area contributed by atoms with E-state index in [1.54, 1.807) is 24.3 Å². The Balaban J connectivity index is 1.46. The Morgan fingerprint density at radius 3 is 2.36 bits per heavy atom. The lowest BCUT2D eigenvalue weighted by Crippen LogP contribution is -2.62. The number of amides is 2. The third-order valence-corrected chi connectivity index (χ3v) is 5.05. The fourth-order valence-electron chi connectivity index (χ4n) is 3.43. The van der Waals surface area contributed by atoms with Gasteiger partial charge in [0.15, 0.2) is 0 Å². The highest BCUT2D eigenvalue weighted by Crippen LogP contribution is 2.19. The molecule has 0 radical (unpaired) electrons. The van der Waals surface area contributed by atoms with E-state index >= 15 is 0 Å². The fraction of sp³-hybridized carbons (Fsp3) is 0.364. The summed E-state index contributed by atoms with van der Waals surface area (Å²) in [4.78, 5) is 28.9. The summed E-state index contributed by atoms with van der Waals surface area (Å²) in [5, 5.41) is 2.98. The molecule has 2 aromatic rings. The van der Waals surface area contributed by atoms with Gasteiger partial charge < -0.3 is 16.0 Å². The minimum Gasteiger partial charge on any atom is -0.399 e. The minimum atomic E-state index is -0.0502. The maximum absolute atomic E-state index is 12.5. The number of nitrogen functional groups attached to an aromatic ring is 1. The van der Waals surface area contributed by atoms with Crippen molar-refractivity contribution in [1.82, 2.24) is 15.1 Å². The van der Waals surface area contributed by atoms with Crippen molar-refractivity contribution in [2.24, 2.45) is 0 Å². The molecule has 28 heavy (non-hydrogen) atoms. The molecular formula is C22H28N4O2. The summed E-state index contributed by atoms with van der Waals surface area (Å²) in [6.45, 7) is 5.91. The third-order valence-electron chi connectivity index (χ3n) is 5.05. The van der Waals surface area contributed by atoms with E-state index in [0.29, 0.717) is 29.4 Å². The highest BCUT2D eigenvalue weighted by atomic mass is 16.2. The summed E-state index contributed by atoms with van der Waals surface area (Å²) < 4.78 is 0. The monoisotopic (exact) mass is 380 g/mol. The Bertz CT molecular complexity index is 786. The van der Waals surface area contributed by atoms with Crippen LogP contribution >= 0.6 is 0 Å². The molecule has 148 valence electrons. The highest BCUT2D eigenvalue weighted by Gasteiger charge is 2.34. The van der Waals surface area contributed by atoms with Crippen LogP contribution in [0.15, 0.2) is 54.6 Å². The van der Waals surface area contributed by atoms with Gasteiger partial charge in [-0.1, -0.05) is 25.1 Å². The van der Waals surface area contributed by atoms with Crippen molar-refractivity contribution in [3.63, 3.8) is 0 Å². The summed E-state index contributed by atoms with van der Waals surface area (Å²) in [7, 11) is 0. The van der Waals surface area contributed by atoms with Gasteiger partial charge in [-0.15, -0.1) is 0 Å². The van der Waals surface area contributed by atoms with Crippen molar-refractivity contribution >= 4 is 17.5 Å². The van der Waals surface area contributed by atoms with E-state index in [9.17, 15) is 9.59 Å². The van der Waals surface area contributed by atoms with E-state index in [1.165, 1.54) is 0 Å². The zero-order valence-electron chi connectivity index (χ0n) is 16.3. The first-order valence-corrected chi connectivity index (χ1v) is 9.80. The van der Waals surface area contributed by atoms with Gasteiger partial charge in [-0.25, -0.2) is 0 Å². The number of nitrogens with zero attached hydrogens (tertiary/aromatic N) is 2. The Morgan fingerprint density at radius 2 is 1.71 bits per heavy atom. The average Bonchev–Trinajstić information content (AvgIpc) is 2.68. The van der Waals surface area contributed by atoms with E-state index < -0.39 is 0 Å². The predicted molar refractivity (Wildman–Crippen MR) is 111 cm³/mol. The van der Waals surface area contributed by atoms with Crippen LogP contribution < -0.4 is 11.1 Å². The molecule has 1 aliphatic rings. The summed E-state index contributed by atoms with van der Waals surface area (Å²) >= 11 is 0. The molecule has 2 aromatic carbocycles. The molecule has 0 bridgehead atoms. The van der Waals surface area contributed by atoms with Crippen LogP contribution in [0, 0.1) is 0 Å². The van der Waals surface area contributed by atoms with Crippen molar-refractivity contribution in [3.05, 3.63) is 65.7 Å². The standard InChI is InChI=1S/C22H28N4O2/c1-2-13-25(14-12-24-21(27)17-6-4-3-5-7-17)20-15-26(16-20)22(28)18-8-10-19(23)11-9-18/h3-11,20H,2,12-16,23H2,1H3,(H,24,27). The normalized spacial score (nSPS) is 14.0. The molecule has 0 unspecified atom stereocenters. The van der Waals surface area contributed by atoms with Gasteiger partial charge >= 0.3 is 0 Å². The highest BCUT2D eigenvalue weighted by molar-refractivity contribution is 5.95. The van der Waals surface area contributed by atoms with Gasteiger partial charge in [-0.05, 0) is 49.4 Å². The summed E-state index contributed by atoms with van der Waals surface area (Å²) in [5.74, 6) is -0.00380. The van der Waals surface area contributed by atoms with Gasteiger partial charge in [0.05, 0.1) is 0 Å². The molecule has 3 rings (SSSR count). The summed E-state index contributed by atoms with van der Waals surface area (Å²) in [5.41, 5.74) is 7.69. The molecule has 1 aliphatic heterocycles. The Labute approximate surface area is 166 Å². The lowest BCUT2D eigenvalue weighted by atomic mass is 10.0. The topological polar surface area (TPSA) is 78.7 Å². The van der Waals surface area contributed by atoms with Crippen LogP contribution in [-0.4, -0.2) is 60.4 Å². The maximum atomic E-state index is 12.5. The van der Waals surface area contributed by atoms with Crippen LogP contribution in [0.5, 0.6) is 0 Å². The Morgan fingerprint density at radius 1 is 1.04 bits per heavy atom. The number of hydrogen-bond acceptors (Lipinski definition) is 4. The van der Waals surface area contributed by atoms with Gasteiger partial charge in [-0.2, -0.15) is 0 Å². The van der Waals surface area contributed by atoms with E-state index in [4.69, 9.17) is 5.73 Å². The number of likely N-dealkylation sites (tertiary alicyclic amines) is 1. The molecular weight excluding hydrogens is 352 g/mol. The first kappa shape index (κ1) is 19.9. The number of benzene rings is 2. The maximum Gasteiger partial charge on any atom is 0.253 e. The van der Waals surface area contributed by atoms with E-state index in [-0.39, 0.29) is 11.8 Å². The molecule has 0 atom stereocenters. The molecule has 1 heterocycles. The summed E-state index contributed by atoms with van der Waals surface area (Å²) in [6.07, 6.45) is 1.04. The summed E-state index contributed by atoms with van der Waals surface area (Å²) in [6, 6.07) is 16.6. The number of rotatable bonds is 8. The lowest BCUT2D eigenvalue weighted by Gasteiger charge is -2.45. The van der Waals surface area contributed by atoms with Crippen LogP contribution in [-0.2, 0) is 0 Å². The Hall–Kier alpha value is -2.86. The number of nitrogens with two attached hydrogens (primary N) is 1. The molecule has 0 aliphatic carbocycles. The molecule has 0 spiro atoms. The van der Waals surface area contributed by atoms with Crippen molar-refractivity contribution in [3.8, 4) is 0 Å². The molecule has 6 heteroatoms. The van der Waals surface area contributed by atoms with Crippen LogP contribution in [0.2, 0.25) is 0 Å². The second-order valence-electron chi connectivity index (χ2n) is 7.14. The first-order chi connectivity index (χ1) is 13.6. The van der Waals surface area contributed by atoms with Gasteiger partial charge in [-0.3, -0.25) is 14.5 Å².